The van der Waals surface area contributed by atoms with Crippen LogP contribution in [-0.4, -0.2) is 47.4 Å². The number of aromatic nitrogens is 1. The van der Waals surface area contributed by atoms with E-state index in [-0.39, 0.29) is 24.4 Å². The van der Waals surface area contributed by atoms with Crippen molar-refractivity contribution in [1.82, 2.24) is 15.2 Å². The number of H-pyrrole nitrogens is 1. The number of amides is 2. The third-order valence-corrected chi connectivity index (χ3v) is 2.96. The van der Waals surface area contributed by atoms with Gasteiger partial charge >= 0.3 is 0 Å². The number of hydrogen-bond acceptors (Lipinski definition) is 3. The standard InChI is InChI=1S/C11H16N4O2.ClH/c1-7-5-13-2-3-15(7)11(17)9-4-8(6-14-9)10(12)16;/h4,6-7,13-14H,2-3,5H2,1H3,(H2,12,16);1H/t7-;/m1./s1. The van der Waals surface area contributed by atoms with E-state index in [1.807, 2.05) is 6.92 Å². The molecular weight excluding hydrogens is 256 g/mol. The number of carbonyl (C=O) groups is 2. The fourth-order valence-corrected chi connectivity index (χ4v) is 1.96. The highest BCUT2D eigenvalue weighted by atomic mass is 35.5. The number of nitrogens with zero attached hydrogens (tertiary/aromatic N) is 1. The first-order valence-electron chi connectivity index (χ1n) is 5.59. The van der Waals surface area contributed by atoms with Gasteiger partial charge in [0.25, 0.3) is 5.91 Å². The number of primary amides is 1. The number of carbonyl (C=O) groups excluding carboxylic acids is 2. The predicted octanol–water partition coefficient (Wildman–Crippen LogP) is -0.0307. The molecule has 6 nitrogen and oxygen atoms in total. The van der Waals surface area contributed by atoms with Crippen LogP contribution in [0.15, 0.2) is 12.3 Å². The van der Waals surface area contributed by atoms with E-state index in [0.717, 1.165) is 13.1 Å². The Morgan fingerprint density at radius 2 is 2.22 bits per heavy atom. The normalized spacial score (nSPS) is 19.2. The number of aromatic amines is 1. The molecule has 0 aliphatic carbocycles. The van der Waals surface area contributed by atoms with E-state index in [2.05, 4.69) is 10.3 Å². The molecule has 0 radical (unpaired) electrons. The number of nitrogens with two attached hydrogens (primary N) is 1. The quantitative estimate of drug-likeness (QED) is 0.706. The molecule has 18 heavy (non-hydrogen) atoms. The van der Waals surface area contributed by atoms with Gasteiger partial charge in [0.2, 0.25) is 5.91 Å². The Balaban J connectivity index is 0.00000162. The maximum Gasteiger partial charge on any atom is 0.270 e. The molecule has 0 spiro atoms. The van der Waals surface area contributed by atoms with Crippen molar-refractivity contribution in [1.29, 1.82) is 0 Å². The van der Waals surface area contributed by atoms with E-state index in [1.54, 1.807) is 4.90 Å². The molecule has 1 aliphatic rings. The summed E-state index contributed by atoms with van der Waals surface area (Å²) in [6, 6.07) is 1.65. The SMILES string of the molecule is C[C@@H]1CNCCN1C(=O)c1cc(C(N)=O)c[nH]1.Cl. The van der Waals surface area contributed by atoms with Crippen LogP contribution in [0.3, 0.4) is 0 Å². The lowest BCUT2D eigenvalue weighted by atomic mass is 10.2. The minimum atomic E-state index is -0.534. The van der Waals surface area contributed by atoms with Gasteiger partial charge in [-0.05, 0) is 13.0 Å². The molecule has 1 aliphatic heterocycles. The van der Waals surface area contributed by atoms with Gasteiger partial charge < -0.3 is 20.9 Å². The first-order valence-corrected chi connectivity index (χ1v) is 5.59. The predicted molar refractivity (Wildman–Crippen MR) is 69.9 cm³/mol. The van der Waals surface area contributed by atoms with Crippen molar-refractivity contribution in [2.45, 2.75) is 13.0 Å². The van der Waals surface area contributed by atoms with Crippen molar-refractivity contribution in [3.8, 4) is 0 Å². The summed E-state index contributed by atoms with van der Waals surface area (Å²) in [6.45, 7) is 4.24. The summed E-state index contributed by atoms with van der Waals surface area (Å²) in [4.78, 5) is 27.7. The lowest BCUT2D eigenvalue weighted by Crippen LogP contribution is -2.52. The van der Waals surface area contributed by atoms with Crippen molar-refractivity contribution in [3.05, 3.63) is 23.5 Å². The Bertz CT molecular complexity index is 446. The zero-order chi connectivity index (χ0) is 12.4. The monoisotopic (exact) mass is 272 g/mol. The smallest absolute Gasteiger partial charge is 0.270 e. The van der Waals surface area contributed by atoms with Crippen molar-refractivity contribution in [2.75, 3.05) is 19.6 Å². The Morgan fingerprint density at radius 3 is 2.78 bits per heavy atom. The van der Waals surface area contributed by atoms with Gasteiger partial charge in [0, 0.05) is 31.9 Å². The Labute approximate surface area is 111 Å². The molecule has 4 N–H and O–H groups in total. The largest absolute Gasteiger partial charge is 0.366 e. The molecule has 1 aromatic heterocycles. The Hall–Kier alpha value is -1.53. The topological polar surface area (TPSA) is 91.2 Å². The Kier molecular flexibility index (Phi) is 4.75. The second kappa shape index (κ2) is 5.88. The van der Waals surface area contributed by atoms with E-state index < -0.39 is 5.91 Å². The summed E-state index contributed by atoms with van der Waals surface area (Å²) in [6.07, 6.45) is 1.46. The van der Waals surface area contributed by atoms with Crippen molar-refractivity contribution >= 4 is 24.2 Å². The maximum absolute atomic E-state index is 12.2. The van der Waals surface area contributed by atoms with Gasteiger partial charge in [-0.25, -0.2) is 0 Å². The number of rotatable bonds is 2. The molecule has 0 aromatic carbocycles. The van der Waals surface area contributed by atoms with Crippen LogP contribution in [0.2, 0.25) is 0 Å². The first kappa shape index (κ1) is 14.5. The van der Waals surface area contributed by atoms with Crippen LogP contribution in [0.25, 0.3) is 0 Å². The van der Waals surface area contributed by atoms with Crippen LogP contribution < -0.4 is 11.1 Å². The van der Waals surface area contributed by atoms with E-state index >= 15 is 0 Å². The van der Waals surface area contributed by atoms with E-state index in [4.69, 9.17) is 5.73 Å². The number of hydrogen-bond donors (Lipinski definition) is 3. The van der Waals surface area contributed by atoms with Crippen LogP contribution in [-0.2, 0) is 0 Å². The van der Waals surface area contributed by atoms with Gasteiger partial charge in [-0.15, -0.1) is 12.4 Å². The van der Waals surface area contributed by atoms with Crippen molar-refractivity contribution < 1.29 is 9.59 Å². The molecule has 2 amide bonds. The maximum atomic E-state index is 12.2. The summed E-state index contributed by atoms with van der Waals surface area (Å²) in [7, 11) is 0. The molecule has 0 saturated carbocycles. The zero-order valence-electron chi connectivity index (χ0n) is 10.1. The highest BCUT2D eigenvalue weighted by molar-refractivity contribution is 5.98. The Morgan fingerprint density at radius 1 is 1.50 bits per heavy atom. The molecule has 1 aromatic rings. The molecule has 2 heterocycles. The molecule has 0 bridgehead atoms. The lowest BCUT2D eigenvalue weighted by molar-refractivity contribution is 0.0650. The summed E-state index contributed by atoms with van der Waals surface area (Å²) in [5, 5.41) is 3.22. The summed E-state index contributed by atoms with van der Waals surface area (Å²) in [5.41, 5.74) is 5.88. The second-order valence-electron chi connectivity index (χ2n) is 4.22. The third-order valence-electron chi connectivity index (χ3n) is 2.96. The lowest BCUT2D eigenvalue weighted by Gasteiger charge is -2.33. The van der Waals surface area contributed by atoms with Crippen LogP contribution in [0.4, 0.5) is 0 Å². The van der Waals surface area contributed by atoms with Gasteiger partial charge in [0.15, 0.2) is 0 Å². The van der Waals surface area contributed by atoms with E-state index in [0.29, 0.717) is 17.8 Å². The average Bonchev–Trinajstić information content (AvgIpc) is 2.78. The number of nitrogens with one attached hydrogen (secondary N) is 2. The molecule has 2 rings (SSSR count). The molecule has 0 unspecified atom stereocenters. The minimum absolute atomic E-state index is 0. The fourth-order valence-electron chi connectivity index (χ4n) is 1.96. The van der Waals surface area contributed by atoms with Gasteiger partial charge in [0.05, 0.1) is 5.56 Å². The van der Waals surface area contributed by atoms with E-state index in [1.165, 1.54) is 12.3 Å². The van der Waals surface area contributed by atoms with Crippen molar-refractivity contribution in [2.24, 2.45) is 5.73 Å². The number of halogens is 1. The van der Waals surface area contributed by atoms with Gasteiger partial charge in [-0.3, -0.25) is 9.59 Å². The zero-order valence-corrected chi connectivity index (χ0v) is 10.9. The number of piperazine rings is 1. The molecular formula is C11H17ClN4O2. The third kappa shape index (κ3) is 2.83. The molecule has 100 valence electrons. The van der Waals surface area contributed by atoms with Gasteiger partial charge in [-0.1, -0.05) is 0 Å². The van der Waals surface area contributed by atoms with Crippen LogP contribution in [0, 0.1) is 0 Å². The summed E-state index contributed by atoms with van der Waals surface area (Å²) >= 11 is 0. The minimum Gasteiger partial charge on any atom is -0.366 e. The van der Waals surface area contributed by atoms with Crippen LogP contribution in [0.1, 0.15) is 27.8 Å². The summed E-state index contributed by atoms with van der Waals surface area (Å²) in [5.74, 6) is -0.625. The fraction of sp³-hybridized carbons (Fsp3) is 0.455. The highest BCUT2D eigenvalue weighted by Gasteiger charge is 2.25. The molecule has 7 heteroatoms. The highest BCUT2D eigenvalue weighted by Crippen LogP contribution is 2.10. The first-order chi connectivity index (χ1) is 8.09. The average molecular weight is 273 g/mol. The van der Waals surface area contributed by atoms with Crippen molar-refractivity contribution in [3.63, 3.8) is 0 Å². The summed E-state index contributed by atoms with van der Waals surface area (Å²) < 4.78 is 0. The molecule has 1 saturated heterocycles. The van der Waals surface area contributed by atoms with Gasteiger partial charge in [-0.2, -0.15) is 0 Å². The molecule has 1 fully saturated rings. The van der Waals surface area contributed by atoms with Gasteiger partial charge in [0.1, 0.15) is 5.69 Å². The molecule has 1 atom stereocenters. The van der Waals surface area contributed by atoms with Crippen LogP contribution in [0.5, 0.6) is 0 Å². The van der Waals surface area contributed by atoms with Crippen LogP contribution >= 0.6 is 12.4 Å². The second-order valence-corrected chi connectivity index (χ2v) is 4.22. The van der Waals surface area contributed by atoms with E-state index in [9.17, 15) is 9.59 Å².